The van der Waals surface area contributed by atoms with E-state index in [2.05, 4.69) is 16.1 Å². The van der Waals surface area contributed by atoms with Gasteiger partial charge < -0.3 is 5.11 Å². The number of benzene rings is 1. The molecular formula is C23H22N4O2. The highest BCUT2D eigenvalue weighted by atomic mass is 16.4. The predicted octanol–water partition coefficient (Wildman–Crippen LogP) is 4.00. The van der Waals surface area contributed by atoms with Crippen molar-refractivity contribution in [2.45, 2.75) is 44.6 Å². The average Bonchev–Trinajstić information content (AvgIpc) is 3.40. The number of hydrogen-bond donors (Lipinski definition) is 1. The maximum Gasteiger partial charge on any atom is 0.354 e. The number of anilines is 1. The van der Waals surface area contributed by atoms with E-state index < -0.39 is 5.97 Å². The Morgan fingerprint density at radius 3 is 2.62 bits per heavy atom. The van der Waals surface area contributed by atoms with Crippen LogP contribution in [0.1, 0.15) is 59.3 Å². The van der Waals surface area contributed by atoms with Gasteiger partial charge >= 0.3 is 5.97 Å². The van der Waals surface area contributed by atoms with E-state index in [1.165, 1.54) is 25.7 Å². The summed E-state index contributed by atoms with van der Waals surface area (Å²) in [5.74, 6) is -0.0604. The molecule has 0 radical (unpaired) electrons. The zero-order chi connectivity index (χ0) is 20.0. The molecule has 2 atom stereocenters. The lowest BCUT2D eigenvalue weighted by molar-refractivity contribution is 0.0690. The van der Waals surface area contributed by atoms with Crippen molar-refractivity contribution in [2.75, 3.05) is 5.01 Å². The van der Waals surface area contributed by atoms with Gasteiger partial charge in [-0.3, -0.25) is 5.01 Å². The molecule has 1 aromatic heterocycles. The van der Waals surface area contributed by atoms with Gasteiger partial charge in [0.15, 0.2) is 0 Å². The predicted molar refractivity (Wildman–Crippen MR) is 109 cm³/mol. The summed E-state index contributed by atoms with van der Waals surface area (Å²) in [5, 5.41) is 25.6. The molecule has 2 unspecified atom stereocenters. The summed E-state index contributed by atoms with van der Waals surface area (Å²) in [7, 11) is 0. The first-order valence-corrected chi connectivity index (χ1v) is 10.3. The molecular weight excluding hydrogens is 364 g/mol. The molecule has 5 rings (SSSR count). The van der Waals surface area contributed by atoms with Gasteiger partial charge in [0.05, 0.1) is 29.1 Å². The molecule has 0 amide bonds. The molecule has 2 heterocycles. The van der Waals surface area contributed by atoms with Crippen LogP contribution in [0.15, 0.2) is 41.6 Å². The number of pyridine rings is 1. The van der Waals surface area contributed by atoms with Crippen LogP contribution in [0.4, 0.5) is 5.69 Å². The lowest BCUT2D eigenvalue weighted by Crippen LogP contribution is -2.40. The molecule has 0 spiro atoms. The minimum Gasteiger partial charge on any atom is -0.477 e. The SMILES string of the molecule is N#Cc1ccc(N2N=C3c4cnc(C(=O)O)cc4CCC3C2C2CCCC2)cc1. The fraction of sp³-hybridized carbons (Fsp3) is 0.391. The van der Waals surface area contributed by atoms with Gasteiger partial charge in [0.1, 0.15) is 5.69 Å². The molecule has 6 nitrogen and oxygen atoms in total. The highest BCUT2D eigenvalue weighted by molar-refractivity contribution is 6.07. The Morgan fingerprint density at radius 1 is 1.17 bits per heavy atom. The Balaban J connectivity index is 1.57. The van der Waals surface area contributed by atoms with Crippen molar-refractivity contribution in [1.82, 2.24) is 4.98 Å². The van der Waals surface area contributed by atoms with E-state index in [0.717, 1.165) is 35.4 Å². The fourth-order valence-electron chi connectivity index (χ4n) is 5.26. The van der Waals surface area contributed by atoms with Crippen molar-refractivity contribution in [3.05, 3.63) is 58.9 Å². The molecule has 0 bridgehead atoms. The van der Waals surface area contributed by atoms with E-state index in [1.807, 2.05) is 24.3 Å². The van der Waals surface area contributed by atoms with Crippen molar-refractivity contribution in [1.29, 1.82) is 5.26 Å². The zero-order valence-electron chi connectivity index (χ0n) is 16.1. The van der Waals surface area contributed by atoms with Crippen LogP contribution < -0.4 is 5.01 Å². The second kappa shape index (κ2) is 7.00. The van der Waals surface area contributed by atoms with E-state index in [9.17, 15) is 9.90 Å². The number of rotatable bonds is 3. The molecule has 146 valence electrons. The Kier molecular flexibility index (Phi) is 4.31. The Bertz CT molecular complexity index is 1030. The van der Waals surface area contributed by atoms with Gasteiger partial charge in [-0.1, -0.05) is 12.8 Å². The number of carboxylic acid groups (broad SMARTS) is 1. The first-order valence-electron chi connectivity index (χ1n) is 10.3. The second-order valence-electron chi connectivity index (χ2n) is 8.20. The number of aryl methyl sites for hydroxylation is 1. The lowest BCUT2D eigenvalue weighted by atomic mass is 9.75. The quantitative estimate of drug-likeness (QED) is 0.861. The molecule has 2 aliphatic carbocycles. The summed E-state index contributed by atoms with van der Waals surface area (Å²) in [4.78, 5) is 15.5. The van der Waals surface area contributed by atoms with Crippen LogP contribution in [0.5, 0.6) is 0 Å². The molecule has 3 aliphatic rings. The maximum atomic E-state index is 11.3. The van der Waals surface area contributed by atoms with Crippen molar-refractivity contribution >= 4 is 17.4 Å². The second-order valence-corrected chi connectivity index (χ2v) is 8.20. The third-order valence-corrected chi connectivity index (χ3v) is 6.61. The van der Waals surface area contributed by atoms with Gasteiger partial charge in [-0.05, 0) is 67.5 Å². The average molecular weight is 386 g/mol. The normalized spacial score (nSPS) is 23.3. The summed E-state index contributed by atoms with van der Waals surface area (Å²) in [5.41, 5.74) is 4.81. The number of hydrazone groups is 1. The molecule has 1 N–H and O–H groups in total. The van der Waals surface area contributed by atoms with Gasteiger partial charge in [0.25, 0.3) is 0 Å². The highest BCUT2D eigenvalue weighted by Crippen LogP contribution is 2.44. The fourth-order valence-corrected chi connectivity index (χ4v) is 5.26. The van der Waals surface area contributed by atoms with Gasteiger partial charge in [-0.25, -0.2) is 9.78 Å². The van der Waals surface area contributed by atoms with Crippen molar-refractivity contribution in [3.63, 3.8) is 0 Å². The summed E-state index contributed by atoms with van der Waals surface area (Å²) >= 11 is 0. The first kappa shape index (κ1) is 17.9. The Morgan fingerprint density at radius 2 is 1.93 bits per heavy atom. The summed E-state index contributed by atoms with van der Waals surface area (Å²) in [6, 6.07) is 11.8. The topological polar surface area (TPSA) is 89.6 Å². The van der Waals surface area contributed by atoms with Crippen LogP contribution in [0.25, 0.3) is 0 Å². The van der Waals surface area contributed by atoms with Gasteiger partial charge in [-0.2, -0.15) is 10.4 Å². The summed E-state index contributed by atoms with van der Waals surface area (Å²) < 4.78 is 0. The van der Waals surface area contributed by atoms with Crippen LogP contribution in [-0.2, 0) is 6.42 Å². The third-order valence-electron chi connectivity index (χ3n) is 6.61. The molecule has 1 saturated carbocycles. The Hall–Kier alpha value is -3.20. The molecule has 1 aromatic carbocycles. The monoisotopic (exact) mass is 386 g/mol. The molecule has 1 aliphatic heterocycles. The molecule has 0 saturated heterocycles. The number of hydrogen-bond acceptors (Lipinski definition) is 5. The van der Waals surface area contributed by atoms with Gasteiger partial charge in [0.2, 0.25) is 0 Å². The summed E-state index contributed by atoms with van der Waals surface area (Å²) in [6.07, 6.45) is 8.50. The molecule has 1 fully saturated rings. The number of fused-ring (bicyclic) bond motifs is 3. The zero-order valence-corrected chi connectivity index (χ0v) is 16.1. The van der Waals surface area contributed by atoms with Crippen LogP contribution in [-0.4, -0.2) is 27.8 Å². The molecule has 2 aromatic rings. The van der Waals surface area contributed by atoms with E-state index in [4.69, 9.17) is 10.4 Å². The number of carboxylic acids is 1. The third kappa shape index (κ3) is 2.98. The number of nitriles is 1. The number of aromatic nitrogens is 1. The van der Waals surface area contributed by atoms with Crippen molar-refractivity contribution < 1.29 is 9.90 Å². The standard InChI is InChI=1S/C23H22N4O2/c24-12-14-5-8-17(9-6-14)27-22(15-3-1-2-4-15)18-10-7-16-11-20(23(28)29)25-13-19(16)21(18)26-27/h5-6,8-9,11,13,15,18,22H,1-4,7,10H2,(H,28,29). The summed E-state index contributed by atoms with van der Waals surface area (Å²) in [6.45, 7) is 0. The molecule has 29 heavy (non-hydrogen) atoms. The minimum atomic E-state index is -0.994. The van der Waals surface area contributed by atoms with Gasteiger partial charge in [0, 0.05) is 17.7 Å². The van der Waals surface area contributed by atoms with Crippen LogP contribution >= 0.6 is 0 Å². The van der Waals surface area contributed by atoms with E-state index in [1.54, 1.807) is 12.3 Å². The number of carbonyl (C=O) groups is 1. The van der Waals surface area contributed by atoms with Gasteiger partial charge in [-0.15, -0.1) is 0 Å². The largest absolute Gasteiger partial charge is 0.477 e. The van der Waals surface area contributed by atoms with Crippen LogP contribution in [0.2, 0.25) is 0 Å². The van der Waals surface area contributed by atoms with Crippen LogP contribution in [0.3, 0.4) is 0 Å². The molecule has 6 heteroatoms. The highest BCUT2D eigenvalue weighted by Gasteiger charge is 2.45. The maximum absolute atomic E-state index is 11.3. The van der Waals surface area contributed by atoms with Crippen LogP contribution in [0, 0.1) is 23.2 Å². The lowest BCUT2D eigenvalue weighted by Gasteiger charge is -2.34. The minimum absolute atomic E-state index is 0.0945. The Labute approximate surface area is 169 Å². The first-order chi connectivity index (χ1) is 14.2. The van der Waals surface area contributed by atoms with Crippen molar-refractivity contribution in [3.8, 4) is 6.07 Å². The van der Waals surface area contributed by atoms with Crippen molar-refractivity contribution in [2.24, 2.45) is 16.9 Å². The van der Waals surface area contributed by atoms with E-state index in [0.29, 0.717) is 23.4 Å². The van der Waals surface area contributed by atoms with E-state index >= 15 is 0 Å². The number of nitrogens with zero attached hydrogens (tertiary/aromatic N) is 4. The van der Waals surface area contributed by atoms with E-state index in [-0.39, 0.29) is 5.69 Å². The number of aromatic carboxylic acids is 1. The smallest absolute Gasteiger partial charge is 0.354 e.